The van der Waals surface area contributed by atoms with Crippen molar-refractivity contribution in [3.8, 4) is 0 Å². The Balaban J connectivity index is 1.78. The third-order valence-corrected chi connectivity index (χ3v) is 5.06. The predicted octanol–water partition coefficient (Wildman–Crippen LogP) is 4.16. The Morgan fingerprint density at radius 2 is 1.89 bits per heavy atom. The number of benzene rings is 2. The fraction of sp³-hybridized carbons (Fsp3) is 0.286. The van der Waals surface area contributed by atoms with E-state index >= 15 is 4.39 Å². The molecule has 0 saturated heterocycles. The number of hydrogen-bond acceptors (Lipinski definition) is 3. The van der Waals surface area contributed by atoms with Gasteiger partial charge in [0.05, 0.1) is 16.6 Å². The number of aromatic nitrogens is 1. The van der Waals surface area contributed by atoms with Crippen LogP contribution in [-0.4, -0.2) is 11.1 Å². The van der Waals surface area contributed by atoms with E-state index in [1.807, 2.05) is 30.3 Å². The van der Waals surface area contributed by atoms with E-state index < -0.39 is 17.1 Å². The maximum Gasteiger partial charge on any atom is 0.194 e. The van der Waals surface area contributed by atoms with Crippen LogP contribution < -0.4 is 16.5 Å². The van der Waals surface area contributed by atoms with Gasteiger partial charge in [0.15, 0.2) is 17.1 Å². The summed E-state index contributed by atoms with van der Waals surface area (Å²) in [5.74, 6) is -1.66. The number of hydrogen-bond donors (Lipinski definition) is 2. The molecule has 1 aliphatic rings. The van der Waals surface area contributed by atoms with Crippen molar-refractivity contribution in [1.29, 1.82) is 0 Å². The van der Waals surface area contributed by atoms with Gasteiger partial charge in [-0.1, -0.05) is 30.3 Å². The van der Waals surface area contributed by atoms with Crippen molar-refractivity contribution in [2.75, 3.05) is 17.6 Å². The Hall–Kier alpha value is -2.89. The fourth-order valence-corrected chi connectivity index (χ4v) is 3.47. The van der Waals surface area contributed by atoms with Crippen LogP contribution in [0.4, 0.5) is 20.2 Å². The number of nitrogens with zero attached hydrogens (tertiary/aromatic N) is 1. The Morgan fingerprint density at radius 3 is 2.56 bits per heavy atom. The molecule has 27 heavy (non-hydrogen) atoms. The summed E-state index contributed by atoms with van der Waals surface area (Å²) in [6.45, 7) is 1.99. The summed E-state index contributed by atoms with van der Waals surface area (Å²) < 4.78 is 31.8. The maximum atomic E-state index is 15.3. The highest BCUT2D eigenvalue weighted by molar-refractivity contribution is 5.95. The Bertz CT molecular complexity index is 1070. The molecule has 4 nitrogen and oxygen atoms in total. The van der Waals surface area contributed by atoms with Gasteiger partial charge in [-0.05, 0) is 31.7 Å². The molecule has 0 spiro atoms. The normalized spacial score (nSPS) is 13.9. The van der Waals surface area contributed by atoms with Crippen LogP contribution in [0.3, 0.4) is 0 Å². The van der Waals surface area contributed by atoms with Crippen LogP contribution in [0.2, 0.25) is 0 Å². The zero-order valence-electron chi connectivity index (χ0n) is 15.1. The van der Waals surface area contributed by atoms with Gasteiger partial charge in [-0.15, -0.1) is 0 Å². The minimum Gasteiger partial charge on any atom is -0.396 e. The maximum absolute atomic E-state index is 15.3. The van der Waals surface area contributed by atoms with Crippen LogP contribution in [-0.2, 0) is 6.42 Å². The number of anilines is 2. The number of nitrogens with one attached hydrogen (secondary N) is 1. The van der Waals surface area contributed by atoms with Gasteiger partial charge in [0.1, 0.15) is 5.69 Å². The van der Waals surface area contributed by atoms with Crippen molar-refractivity contribution in [3.05, 3.63) is 69.5 Å². The summed E-state index contributed by atoms with van der Waals surface area (Å²) in [7, 11) is 0. The van der Waals surface area contributed by atoms with E-state index in [-0.39, 0.29) is 28.3 Å². The second-order valence-corrected chi connectivity index (χ2v) is 7.08. The highest BCUT2D eigenvalue weighted by Crippen LogP contribution is 2.40. The fourth-order valence-electron chi connectivity index (χ4n) is 3.47. The first-order valence-corrected chi connectivity index (χ1v) is 9.08. The lowest BCUT2D eigenvalue weighted by molar-refractivity contribution is 0.590. The molecule has 6 heteroatoms. The molecule has 140 valence electrons. The molecule has 2 aromatic carbocycles. The first kappa shape index (κ1) is 17.5. The lowest BCUT2D eigenvalue weighted by atomic mass is 10.1. The van der Waals surface area contributed by atoms with E-state index in [9.17, 15) is 9.18 Å². The molecule has 4 rings (SSSR count). The number of halogens is 2. The predicted molar refractivity (Wildman–Crippen MR) is 104 cm³/mol. The van der Waals surface area contributed by atoms with Crippen LogP contribution >= 0.6 is 0 Å². The first-order chi connectivity index (χ1) is 13.0. The number of aryl methyl sites for hydroxylation is 1. The lowest BCUT2D eigenvalue weighted by Gasteiger charge is -2.18. The second-order valence-electron chi connectivity index (χ2n) is 7.08. The number of nitrogens with two attached hydrogens (primary N) is 1. The molecule has 0 radical (unpaired) electrons. The topological polar surface area (TPSA) is 60.1 Å². The quantitative estimate of drug-likeness (QED) is 0.664. The van der Waals surface area contributed by atoms with E-state index in [4.69, 9.17) is 5.73 Å². The van der Waals surface area contributed by atoms with Crippen molar-refractivity contribution in [1.82, 2.24) is 4.57 Å². The van der Waals surface area contributed by atoms with Gasteiger partial charge in [-0.2, -0.15) is 0 Å². The largest absolute Gasteiger partial charge is 0.396 e. The van der Waals surface area contributed by atoms with Crippen LogP contribution in [0.25, 0.3) is 10.9 Å². The average Bonchev–Trinajstić information content (AvgIpc) is 3.50. The molecular weight excluding hydrogens is 348 g/mol. The Labute approximate surface area is 155 Å². The summed E-state index contributed by atoms with van der Waals surface area (Å²) in [5.41, 5.74) is 6.53. The molecule has 0 aliphatic heterocycles. The van der Waals surface area contributed by atoms with E-state index in [0.29, 0.717) is 18.5 Å². The molecule has 1 saturated carbocycles. The van der Waals surface area contributed by atoms with E-state index in [1.54, 1.807) is 17.7 Å². The van der Waals surface area contributed by atoms with Gasteiger partial charge in [-0.25, -0.2) is 8.78 Å². The molecule has 1 fully saturated rings. The molecule has 1 aliphatic carbocycles. The third-order valence-electron chi connectivity index (χ3n) is 5.06. The smallest absolute Gasteiger partial charge is 0.194 e. The molecule has 0 unspecified atom stereocenters. The minimum atomic E-state index is -0.905. The third kappa shape index (κ3) is 3.05. The SMILES string of the molecule is Cc1cn(C2CC2)c2c(F)c(NCCc3ccccc3)c(F)c(N)c2c1=O. The molecular formula is C21H21F2N3O. The van der Waals surface area contributed by atoms with E-state index in [1.165, 1.54) is 0 Å². The van der Waals surface area contributed by atoms with Crippen LogP contribution in [0.5, 0.6) is 0 Å². The van der Waals surface area contributed by atoms with Crippen molar-refractivity contribution in [2.24, 2.45) is 0 Å². The summed E-state index contributed by atoms with van der Waals surface area (Å²) >= 11 is 0. The first-order valence-electron chi connectivity index (χ1n) is 9.08. The molecule has 0 bridgehead atoms. The lowest BCUT2D eigenvalue weighted by Crippen LogP contribution is -2.18. The Kier molecular flexibility index (Phi) is 4.34. The van der Waals surface area contributed by atoms with Gasteiger partial charge in [0.2, 0.25) is 0 Å². The summed E-state index contributed by atoms with van der Waals surface area (Å²) in [6.07, 6.45) is 4.08. The van der Waals surface area contributed by atoms with E-state index in [0.717, 1.165) is 18.4 Å². The van der Waals surface area contributed by atoms with Crippen molar-refractivity contribution in [3.63, 3.8) is 0 Å². The number of pyridine rings is 1. The van der Waals surface area contributed by atoms with Gasteiger partial charge in [0.25, 0.3) is 0 Å². The molecule has 1 aromatic heterocycles. The number of nitrogen functional groups attached to an aromatic ring is 1. The summed E-state index contributed by atoms with van der Waals surface area (Å²) in [6, 6.07) is 9.79. The molecule has 3 N–H and O–H groups in total. The van der Waals surface area contributed by atoms with Crippen LogP contribution in [0, 0.1) is 18.6 Å². The van der Waals surface area contributed by atoms with Crippen molar-refractivity contribution < 1.29 is 8.78 Å². The monoisotopic (exact) mass is 369 g/mol. The molecule has 1 heterocycles. The van der Waals surface area contributed by atoms with Crippen molar-refractivity contribution in [2.45, 2.75) is 32.2 Å². The zero-order chi connectivity index (χ0) is 19.1. The van der Waals surface area contributed by atoms with E-state index in [2.05, 4.69) is 5.32 Å². The van der Waals surface area contributed by atoms with Crippen LogP contribution in [0.1, 0.15) is 30.0 Å². The number of fused-ring (bicyclic) bond motifs is 1. The standard InChI is InChI=1S/C21H21F2N3O/c1-12-11-26(14-7-8-14)20-15(21(12)27)18(24)16(22)19(17(20)23)25-10-9-13-5-3-2-4-6-13/h2-6,11,14,25H,7-10,24H2,1H3. The van der Waals surface area contributed by atoms with Crippen LogP contribution in [0.15, 0.2) is 41.3 Å². The van der Waals surface area contributed by atoms with Crippen molar-refractivity contribution >= 4 is 22.3 Å². The Morgan fingerprint density at radius 1 is 1.19 bits per heavy atom. The second kappa shape index (κ2) is 6.68. The molecule has 0 atom stereocenters. The highest BCUT2D eigenvalue weighted by Gasteiger charge is 2.29. The average molecular weight is 369 g/mol. The van der Waals surface area contributed by atoms with Gasteiger partial charge >= 0.3 is 0 Å². The number of rotatable bonds is 5. The van der Waals surface area contributed by atoms with Gasteiger partial charge < -0.3 is 15.6 Å². The summed E-state index contributed by atoms with van der Waals surface area (Å²) in [4.78, 5) is 12.5. The minimum absolute atomic E-state index is 0.0643. The summed E-state index contributed by atoms with van der Waals surface area (Å²) in [5, 5.41) is 2.77. The highest BCUT2D eigenvalue weighted by atomic mass is 19.1. The molecule has 3 aromatic rings. The van der Waals surface area contributed by atoms with Gasteiger partial charge in [0, 0.05) is 24.3 Å². The van der Waals surface area contributed by atoms with Gasteiger partial charge in [-0.3, -0.25) is 4.79 Å². The zero-order valence-corrected chi connectivity index (χ0v) is 15.1. The molecule has 0 amide bonds.